The Kier molecular flexibility index (Phi) is 3.40. The average molecular weight is 328 g/mol. The van der Waals surface area contributed by atoms with Gasteiger partial charge in [0.2, 0.25) is 0 Å². The van der Waals surface area contributed by atoms with Crippen LogP contribution in [0.5, 0.6) is 0 Å². The smallest absolute Gasteiger partial charge is 0.307 e. The van der Waals surface area contributed by atoms with Crippen molar-refractivity contribution in [3.63, 3.8) is 0 Å². The zero-order valence-electron chi connectivity index (χ0n) is 14.9. The third-order valence-electron chi connectivity index (χ3n) is 8.17. The van der Waals surface area contributed by atoms with E-state index in [0.717, 1.165) is 32.1 Å². The van der Waals surface area contributed by atoms with Crippen molar-refractivity contribution in [2.75, 3.05) is 0 Å². The monoisotopic (exact) mass is 328 g/mol. The molecule has 4 aliphatic carbocycles. The standard InChI is InChI=1S/C21H28O3/c1-12-10-17-15-5-4-13-11-14(22)6-8-20(13,2)16(15)7-9-21(17,3)18(12)19(23)24/h6,8,11-12,15-18H,4-5,7,9-10H2,1-3H3,(H,23,24). The minimum Gasteiger partial charge on any atom is -0.481 e. The molecule has 0 aromatic rings. The SMILES string of the molecule is CC1CC2C3CCC4=CC(=O)C=CC4(C)C3CCC2(C)C1C(=O)O. The molecule has 24 heavy (non-hydrogen) atoms. The normalized spacial score (nSPS) is 49.9. The van der Waals surface area contributed by atoms with Crippen molar-refractivity contribution in [2.45, 2.75) is 52.9 Å². The lowest BCUT2D eigenvalue weighted by atomic mass is 9.48. The number of ketones is 1. The van der Waals surface area contributed by atoms with Gasteiger partial charge in [0.05, 0.1) is 5.92 Å². The van der Waals surface area contributed by atoms with Gasteiger partial charge in [-0.05, 0) is 73.3 Å². The van der Waals surface area contributed by atoms with Gasteiger partial charge in [0, 0.05) is 5.41 Å². The van der Waals surface area contributed by atoms with Crippen LogP contribution in [0.2, 0.25) is 0 Å². The molecule has 0 saturated heterocycles. The van der Waals surface area contributed by atoms with E-state index in [0.29, 0.717) is 17.8 Å². The highest BCUT2D eigenvalue weighted by Crippen LogP contribution is 2.67. The number of carboxylic acid groups (broad SMARTS) is 1. The summed E-state index contributed by atoms with van der Waals surface area (Å²) in [6, 6.07) is 0. The second-order valence-electron chi connectivity index (χ2n) is 9.18. The molecule has 1 N–H and O–H groups in total. The molecule has 0 heterocycles. The quantitative estimate of drug-likeness (QED) is 0.783. The van der Waals surface area contributed by atoms with Crippen LogP contribution in [0.4, 0.5) is 0 Å². The van der Waals surface area contributed by atoms with Gasteiger partial charge in [0.25, 0.3) is 0 Å². The Hall–Kier alpha value is -1.38. The molecule has 0 bridgehead atoms. The Morgan fingerprint density at radius 1 is 1.25 bits per heavy atom. The second-order valence-corrected chi connectivity index (χ2v) is 9.18. The van der Waals surface area contributed by atoms with E-state index in [1.54, 1.807) is 6.08 Å². The van der Waals surface area contributed by atoms with Gasteiger partial charge in [0.15, 0.2) is 5.78 Å². The van der Waals surface area contributed by atoms with Gasteiger partial charge >= 0.3 is 5.97 Å². The third kappa shape index (κ3) is 1.96. The zero-order valence-corrected chi connectivity index (χ0v) is 14.9. The van der Waals surface area contributed by atoms with Gasteiger partial charge in [-0.2, -0.15) is 0 Å². The lowest BCUT2D eigenvalue weighted by Crippen LogP contribution is -2.50. The van der Waals surface area contributed by atoms with Crippen LogP contribution < -0.4 is 0 Å². The van der Waals surface area contributed by atoms with Gasteiger partial charge in [-0.3, -0.25) is 9.59 Å². The van der Waals surface area contributed by atoms with Crippen molar-refractivity contribution < 1.29 is 14.7 Å². The number of fused-ring (bicyclic) bond motifs is 5. The first-order valence-electron chi connectivity index (χ1n) is 9.44. The molecule has 0 amide bonds. The van der Waals surface area contributed by atoms with Crippen LogP contribution in [-0.4, -0.2) is 16.9 Å². The summed E-state index contributed by atoms with van der Waals surface area (Å²) >= 11 is 0. The summed E-state index contributed by atoms with van der Waals surface area (Å²) in [6.07, 6.45) is 11.0. The summed E-state index contributed by atoms with van der Waals surface area (Å²) in [7, 11) is 0. The summed E-state index contributed by atoms with van der Waals surface area (Å²) in [5.74, 6) is 1.26. The third-order valence-corrected chi connectivity index (χ3v) is 8.17. The average Bonchev–Trinajstić information content (AvgIpc) is 2.78. The molecule has 130 valence electrons. The minimum atomic E-state index is -0.600. The van der Waals surface area contributed by atoms with Crippen molar-refractivity contribution in [1.82, 2.24) is 0 Å². The van der Waals surface area contributed by atoms with Gasteiger partial charge in [-0.1, -0.05) is 32.4 Å². The maximum Gasteiger partial charge on any atom is 0.307 e. The van der Waals surface area contributed by atoms with Crippen LogP contribution in [-0.2, 0) is 9.59 Å². The van der Waals surface area contributed by atoms with E-state index in [-0.39, 0.29) is 28.4 Å². The summed E-state index contributed by atoms with van der Waals surface area (Å²) in [5.41, 5.74) is 1.25. The molecule has 7 unspecified atom stereocenters. The Morgan fingerprint density at radius 3 is 2.71 bits per heavy atom. The van der Waals surface area contributed by atoms with Crippen molar-refractivity contribution >= 4 is 11.8 Å². The van der Waals surface area contributed by atoms with Crippen LogP contribution in [0.25, 0.3) is 0 Å². The minimum absolute atomic E-state index is 0.00268. The summed E-state index contributed by atoms with van der Waals surface area (Å²) < 4.78 is 0. The Bertz CT molecular complexity index is 660. The Morgan fingerprint density at radius 2 is 2.00 bits per heavy atom. The van der Waals surface area contributed by atoms with Gasteiger partial charge in [-0.15, -0.1) is 0 Å². The number of carbonyl (C=O) groups excluding carboxylic acids is 1. The van der Waals surface area contributed by atoms with E-state index >= 15 is 0 Å². The summed E-state index contributed by atoms with van der Waals surface area (Å²) in [4.78, 5) is 23.7. The van der Waals surface area contributed by atoms with Crippen LogP contribution in [0.3, 0.4) is 0 Å². The highest BCUT2D eigenvalue weighted by Gasteiger charge is 2.61. The van der Waals surface area contributed by atoms with Crippen molar-refractivity contribution in [3.8, 4) is 0 Å². The highest BCUT2D eigenvalue weighted by molar-refractivity contribution is 6.01. The topological polar surface area (TPSA) is 54.4 Å². The molecular weight excluding hydrogens is 300 g/mol. The van der Waals surface area contributed by atoms with E-state index < -0.39 is 5.97 Å². The number of hydrogen-bond acceptors (Lipinski definition) is 2. The molecule has 7 atom stereocenters. The predicted octanol–water partition coefficient (Wildman–Crippen LogP) is 4.24. The van der Waals surface area contributed by atoms with E-state index in [9.17, 15) is 14.7 Å². The largest absolute Gasteiger partial charge is 0.481 e. The maximum absolute atomic E-state index is 11.9. The van der Waals surface area contributed by atoms with Crippen LogP contribution in [0.15, 0.2) is 23.8 Å². The zero-order chi connectivity index (χ0) is 17.3. The molecule has 4 rings (SSSR count). The van der Waals surface area contributed by atoms with E-state index in [4.69, 9.17) is 0 Å². The molecule has 3 fully saturated rings. The molecule has 0 aromatic carbocycles. The lowest BCUT2D eigenvalue weighted by molar-refractivity contribution is -0.150. The number of hydrogen-bond donors (Lipinski definition) is 1. The number of carbonyl (C=O) groups is 2. The van der Waals surface area contributed by atoms with Crippen LogP contribution in [0, 0.1) is 40.4 Å². The molecule has 0 aliphatic heterocycles. The number of rotatable bonds is 1. The Labute approximate surface area is 144 Å². The van der Waals surface area contributed by atoms with Gasteiger partial charge in [-0.25, -0.2) is 0 Å². The summed E-state index contributed by atoms with van der Waals surface area (Å²) in [6.45, 7) is 6.67. The molecule has 3 saturated carbocycles. The second kappa shape index (κ2) is 5.06. The molecule has 0 spiro atoms. The highest BCUT2D eigenvalue weighted by atomic mass is 16.4. The van der Waals surface area contributed by atoms with Crippen molar-refractivity contribution in [2.24, 2.45) is 40.4 Å². The number of allylic oxidation sites excluding steroid dienone is 4. The fourth-order valence-corrected chi connectivity index (χ4v) is 7.09. The van der Waals surface area contributed by atoms with E-state index in [1.807, 2.05) is 6.08 Å². The Balaban J connectivity index is 1.70. The first-order chi connectivity index (χ1) is 11.3. The molecule has 3 heteroatoms. The van der Waals surface area contributed by atoms with Crippen LogP contribution in [0.1, 0.15) is 52.9 Å². The number of aliphatic carboxylic acids is 1. The van der Waals surface area contributed by atoms with Crippen LogP contribution >= 0.6 is 0 Å². The lowest BCUT2D eigenvalue weighted by Gasteiger charge is -2.56. The summed E-state index contributed by atoms with van der Waals surface area (Å²) in [5, 5.41) is 9.79. The van der Waals surface area contributed by atoms with Crippen molar-refractivity contribution in [3.05, 3.63) is 23.8 Å². The molecular formula is C21H28O3. The molecule has 0 aromatic heterocycles. The number of carboxylic acids is 1. The van der Waals surface area contributed by atoms with E-state index in [1.165, 1.54) is 5.57 Å². The molecule has 0 radical (unpaired) electrons. The first-order valence-corrected chi connectivity index (χ1v) is 9.44. The fraction of sp³-hybridized carbons (Fsp3) is 0.714. The van der Waals surface area contributed by atoms with Crippen molar-refractivity contribution in [1.29, 1.82) is 0 Å². The first kappa shape index (κ1) is 16.1. The maximum atomic E-state index is 11.9. The van der Waals surface area contributed by atoms with E-state index in [2.05, 4.69) is 26.8 Å². The predicted molar refractivity (Wildman–Crippen MR) is 92.3 cm³/mol. The van der Waals surface area contributed by atoms with Gasteiger partial charge < -0.3 is 5.11 Å². The molecule has 4 aliphatic rings. The molecule has 3 nitrogen and oxygen atoms in total. The fourth-order valence-electron chi connectivity index (χ4n) is 7.09. The van der Waals surface area contributed by atoms with Gasteiger partial charge in [0.1, 0.15) is 0 Å².